The molecule has 0 saturated carbocycles. The Bertz CT molecular complexity index is 398. The Labute approximate surface area is 115 Å². The summed E-state index contributed by atoms with van der Waals surface area (Å²) in [7, 11) is 0. The van der Waals surface area contributed by atoms with Crippen molar-refractivity contribution in [2.75, 3.05) is 26.2 Å². The van der Waals surface area contributed by atoms with Gasteiger partial charge in [-0.25, -0.2) is 0 Å². The minimum atomic E-state index is 0.0732. The minimum absolute atomic E-state index is 0.0732. The molecule has 0 bridgehead atoms. The van der Waals surface area contributed by atoms with Gasteiger partial charge in [0.2, 0.25) is 0 Å². The van der Waals surface area contributed by atoms with E-state index in [1.54, 1.807) is 0 Å². The molecule has 1 N–H and O–H groups in total. The molecule has 2 heterocycles. The average Bonchev–Trinajstić information content (AvgIpc) is 2.77. The van der Waals surface area contributed by atoms with Crippen LogP contribution in [0.1, 0.15) is 32.9 Å². The summed E-state index contributed by atoms with van der Waals surface area (Å²) >= 11 is 0. The quantitative estimate of drug-likeness (QED) is 0.901. The summed E-state index contributed by atoms with van der Waals surface area (Å²) in [5.41, 5.74) is 1.15. The Balaban J connectivity index is 1.90. The topological polar surface area (TPSA) is 45.6 Å². The fourth-order valence-corrected chi connectivity index (χ4v) is 2.32. The molecular weight excluding hydrogens is 240 g/mol. The zero-order chi connectivity index (χ0) is 13.9. The Kier molecular flexibility index (Phi) is 4.42. The highest BCUT2D eigenvalue weighted by Crippen LogP contribution is 2.23. The van der Waals surface area contributed by atoms with E-state index in [1.807, 2.05) is 18.3 Å². The van der Waals surface area contributed by atoms with E-state index < -0.39 is 0 Å². The lowest BCUT2D eigenvalue weighted by molar-refractivity contribution is 0.180. The van der Waals surface area contributed by atoms with Gasteiger partial charge in [0.05, 0.1) is 12.8 Å². The van der Waals surface area contributed by atoms with Gasteiger partial charge in [0.25, 0.3) is 0 Å². The van der Waals surface area contributed by atoms with E-state index in [0.717, 1.165) is 37.5 Å². The molecule has 19 heavy (non-hydrogen) atoms. The molecule has 0 radical (unpaired) electrons. The van der Waals surface area contributed by atoms with Crippen molar-refractivity contribution in [1.29, 1.82) is 0 Å². The zero-order valence-corrected chi connectivity index (χ0v) is 12.1. The maximum absolute atomic E-state index is 8.92. The summed E-state index contributed by atoms with van der Waals surface area (Å²) in [6.45, 7) is 9.30. The lowest BCUT2D eigenvalue weighted by Crippen LogP contribution is -2.27. The number of hydrogen-bond donors (Lipinski definition) is 1. The second-order valence-electron chi connectivity index (χ2n) is 6.18. The van der Waals surface area contributed by atoms with Crippen molar-refractivity contribution in [2.24, 2.45) is 0 Å². The van der Waals surface area contributed by atoms with Gasteiger partial charge in [0, 0.05) is 30.7 Å². The Morgan fingerprint density at radius 3 is 2.79 bits per heavy atom. The molecule has 0 amide bonds. The number of rotatable bonds is 4. The van der Waals surface area contributed by atoms with Crippen molar-refractivity contribution in [1.82, 2.24) is 9.88 Å². The third-order valence-electron chi connectivity index (χ3n) is 3.45. The molecule has 0 aromatic carbocycles. The molecule has 1 fully saturated rings. The zero-order valence-electron chi connectivity index (χ0n) is 12.1. The lowest BCUT2D eigenvalue weighted by atomic mass is 9.92. The predicted octanol–water partition coefficient (Wildman–Crippen LogP) is 1.82. The van der Waals surface area contributed by atoms with Crippen molar-refractivity contribution in [2.45, 2.75) is 38.7 Å². The van der Waals surface area contributed by atoms with Gasteiger partial charge in [-0.3, -0.25) is 9.88 Å². The van der Waals surface area contributed by atoms with E-state index in [-0.39, 0.29) is 18.1 Å². The van der Waals surface area contributed by atoms with E-state index in [2.05, 4.69) is 30.7 Å². The Hall–Kier alpha value is -1.13. The first-order valence-corrected chi connectivity index (χ1v) is 6.95. The number of pyridine rings is 1. The van der Waals surface area contributed by atoms with Crippen LogP contribution in [0.3, 0.4) is 0 Å². The standard InChI is InChI=1S/C15H24N2O2/c1-15(2,3)14-5-4-12(10-16-14)19-13-6-7-17(11-13)8-9-18/h4-5,10,13,18H,6-9,11H2,1-3H3/t13-/m1/s1. The van der Waals surface area contributed by atoms with Gasteiger partial charge < -0.3 is 9.84 Å². The molecular formula is C15H24N2O2. The van der Waals surface area contributed by atoms with E-state index in [1.165, 1.54) is 0 Å². The predicted molar refractivity (Wildman–Crippen MR) is 75.5 cm³/mol. The van der Waals surface area contributed by atoms with Gasteiger partial charge in [-0.1, -0.05) is 20.8 Å². The van der Waals surface area contributed by atoms with Crippen LogP contribution in [-0.4, -0.2) is 47.3 Å². The highest BCUT2D eigenvalue weighted by Gasteiger charge is 2.23. The molecule has 1 aliphatic heterocycles. The van der Waals surface area contributed by atoms with Crippen LogP contribution in [0.15, 0.2) is 18.3 Å². The van der Waals surface area contributed by atoms with Gasteiger partial charge in [0.15, 0.2) is 0 Å². The number of aromatic nitrogens is 1. The maximum Gasteiger partial charge on any atom is 0.138 e. The van der Waals surface area contributed by atoms with Crippen LogP contribution >= 0.6 is 0 Å². The SMILES string of the molecule is CC(C)(C)c1ccc(O[C@@H]2CCN(CCO)C2)cn1. The Morgan fingerprint density at radius 2 is 2.21 bits per heavy atom. The number of nitrogens with zero attached hydrogens (tertiary/aromatic N) is 2. The fourth-order valence-electron chi connectivity index (χ4n) is 2.32. The van der Waals surface area contributed by atoms with Crippen molar-refractivity contribution in [3.8, 4) is 5.75 Å². The third-order valence-corrected chi connectivity index (χ3v) is 3.45. The molecule has 0 unspecified atom stereocenters. The smallest absolute Gasteiger partial charge is 0.138 e. The molecule has 1 atom stereocenters. The number of hydrogen-bond acceptors (Lipinski definition) is 4. The van der Waals surface area contributed by atoms with Gasteiger partial charge in [-0.05, 0) is 18.6 Å². The first kappa shape index (κ1) is 14.3. The van der Waals surface area contributed by atoms with Gasteiger partial charge in [-0.15, -0.1) is 0 Å². The first-order chi connectivity index (χ1) is 8.99. The van der Waals surface area contributed by atoms with Crippen LogP contribution in [0.25, 0.3) is 0 Å². The monoisotopic (exact) mass is 264 g/mol. The summed E-state index contributed by atoms with van der Waals surface area (Å²) in [6, 6.07) is 4.04. The third kappa shape index (κ3) is 3.91. The van der Waals surface area contributed by atoms with Crippen LogP contribution in [0.2, 0.25) is 0 Å². The Morgan fingerprint density at radius 1 is 1.42 bits per heavy atom. The van der Waals surface area contributed by atoms with Crippen LogP contribution in [-0.2, 0) is 5.41 Å². The van der Waals surface area contributed by atoms with Gasteiger partial charge in [-0.2, -0.15) is 0 Å². The van der Waals surface area contributed by atoms with Crippen molar-refractivity contribution in [3.63, 3.8) is 0 Å². The molecule has 0 aliphatic carbocycles. The summed E-state index contributed by atoms with van der Waals surface area (Å²) < 4.78 is 5.93. The normalized spacial score (nSPS) is 20.7. The average molecular weight is 264 g/mol. The van der Waals surface area contributed by atoms with E-state index in [9.17, 15) is 0 Å². The van der Waals surface area contributed by atoms with Crippen LogP contribution in [0.5, 0.6) is 5.75 Å². The molecule has 2 rings (SSSR count). The van der Waals surface area contributed by atoms with Crippen LogP contribution in [0.4, 0.5) is 0 Å². The van der Waals surface area contributed by atoms with Crippen LogP contribution in [0, 0.1) is 0 Å². The van der Waals surface area contributed by atoms with E-state index >= 15 is 0 Å². The number of aliphatic hydroxyl groups excluding tert-OH is 1. The number of likely N-dealkylation sites (tertiary alicyclic amines) is 1. The summed E-state index contributed by atoms with van der Waals surface area (Å²) in [4.78, 5) is 6.69. The molecule has 4 heteroatoms. The molecule has 1 aromatic rings. The molecule has 1 aromatic heterocycles. The highest BCUT2D eigenvalue weighted by molar-refractivity contribution is 5.23. The number of ether oxygens (including phenoxy) is 1. The molecule has 0 spiro atoms. The largest absolute Gasteiger partial charge is 0.487 e. The first-order valence-electron chi connectivity index (χ1n) is 6.95. The second kappa shape index (κ2) is 5.88. The van der Waals surface area contributed by atoms with Crippen molar-refractivity contribution < 1.29 is 9.84 Å². The summed E-state index contributed by atoms with van der Waals surface area (Å²) in [5.74, 6) is 0.837. The lowest BCUT2D eigenvalue weighted by Gasteiger charge is -2.19. The molecule has 106 valence electrons. The van der Waals surface area contributed by atoms with Crippen LogP contribution < -0.4 is 4.74 Å². The highest BCUT2D eigenvalue weighted by atomic mass is 16.5. The van der Waals surface area contributed by atoms with E-state index in [4.69, 9.17) is 9.84 Å². The molecule has 1 saturated heterocycles. The summed E-state index contributed by atoms with van der Waals surface area (Å²) in [6.07, 6.45) is 3.05. The summed E-state index contributed by atoms with van der Waals surface area (Å²) in [5, 5.41) is 8.92. The minimum Gasteiger partial charge on any atom is -0.487 e. The number of β-amino-alcohol motifs (C(OH)–C–C–N with tert-alkyl or cyclic N) is 1. The van der Waals surface area contributed by atoms with Crippen molar-refractivity contribution in [3.05, 3.63) is 24.0 Å². The second-order valence-corrected chi connectivity index (χ2v) is 6.18. The van der Waals surface area contributed by atoms with Crippen molar-refractivity contribution >= 4 is 0 Å². The maximum atomic E-state index is 8.92. The molecule has 1 aliphatic rings. The number of aliphatic hydroxyl groups is 1. The fraction of sp³-hybridized carbons (Fsp3) is 0.667. The van der Waals surface area contributed by atoms with Gasteiger partial charge in [0.1, 0.15) is 11.9 Å². The molecule has 4 nitrogen and oxygen atoms in total. The van der Waals surface area contributed by atoms with E-state index in [0.29, 0.717) is 0 Å². The van der Waals surface area contributed by atoms with Gasteiger partial charge >= 0.3 is 0 Å².